The summed E-state index contributed by atoms with van der Waals surface area (Å²) in [7, 11) is 0. The molecule has 0 fully saturated rings. The molecule has 0 radical (unpaired) electrons. The highest BCUT2D eigenvalue weighted by Gasteiger charge is 2.07. The van der Waals surface area contributed by atoms with E-state index in [-0.39, 0.29) is 0 Å². The number of rotatable bonds is 5. The van der Waals surface area contributed by atoms with Crippen molar-refractivity contribution in [3.8, 4) is 0 Å². The Morgan fingerprint density at radius 1 is 1.22 bits per heavy atom. The van der Waals surface area contributed by atoms with Crippen LogP contribution in [0.3, 0.4) is 0 Å². The smallest absolute Gasteiger partial charge is 0.190 e. The Morgan fingerprint density at radius 3 is 2.72 bits per heavy atom. The maximum absolute atomic E-state index is 4.60. The molecule has 1 heterocycles. The van der Waals surface area contributed by atoms with Gasteiger partial charge in [-0.3, -0.25) is 0 Å². The summed E-state index contributed by atoms with van der Waals surface area (Å²) >= 11 is 1.68. The molecule has 0 unspecified atom stereocenters. The molecule has 0 aliphatic heterocycles. The van der Waals surface area contributed by atoms with Gasteiger partial charge >= 0.3 is 0 Å². The molecule has 3 nitrogen and oxygen atoms in total. The highest BCUT2D eigenvalue weighted by Crippen LogP contribution is 2.24. The van der Waals surface area contributed by atoms with Gasteiger partial charge in [-0.2, -0.15) is 0 Å². The van der Waals surface area contributed by atoms with E-state index in [1.807, 2.05) is 18.2 Å². The third kappa shape index (κ3) is 3.13. The number of fused-ring (bicyclic) bond motifs is 1. The molecular weight excluding hydrogens is 242 g/mol. The monoisotopic (exact) mass is 261 g/mol. The van der Waals surface area contributed by atoms with Crippen LogP contribution in [0.4, 0.5) is 5.82 Å². The van der Waals surface area contributed by atoms with Gasteiger partial charge in [0.25, 0.3) is 0 Å². The number of thioether (sulfide) groups is 1. The van der Waals surface area contributed by atoms with Crippen molar-refractivity contribution in [2.45, 2.75) is 25.9 Å². The quantitative estimate of drug-likeness (QED) is 0.656. The van der Waals surface area contributed by atoms with Crippen LogP contribution in [0.5, 0.6) is 0 Å². The van der Waals surface area contributed by atoms with Gasteiger partial charge in [0.2, 0.25) is 0 Å². The van der Waals surface area contributed by atoms with E-state index in [2.05, 4.69) is 42.1 Å². The number of benzene rings is 1. The SMILES string of the molecule is CCSc1nc(NCC(C)C)c2ccccc2n1. The molecular formula is C14H19N3S. The third-order valence-corrected chi connectivity index (χ3v) is 3.26. The Kier molecular flexibility index (Phi) is 4.42. The zero-order valence-corrected chi connectivity index (χ0v) is 11.9. The van der Waals surface area contributed by atoms with Crippen LogP contribution in [0.15, 0.2) is 29.4 Å². The molecule has 2 aromatic rings. The number of hydrogen-bond donors (Lipinski definition) is 1. The maximum atomic E-state index is 4.60. The third-order valence-electron chi connectivity index (χ3n) is 2.53. The van der Waals surface area contributed by atoms with E-state index in [0.29, 0.717) is 5.92 Å². The lowest BCUT2D eigenvalue weighted by Gasteiger charge is -2.11. The summed E-state index contributed by atoms with van der Waals surface area (Å²) in [4.78, 5) is 9.17. The first-order chi connectivity index (χ1) is 8.70. The normalized spacial score (nSPS) is 11.1. The minimum absolute atomic E-state index is 0.598. The summed E-state index contributed by atoms with van der Waals surface area (Å²) < 4.78 is 0. The van der Waals surface area contributed by atoms with Crippen LogP contribution in [0.2, 0.25) is 0 Å². The van der Waals surface area contributed by atoms with Gasteiger partial charge < -0.3 is 5.32 Å². The van der Waals surface area contributed by atoms with Crippen molar-refractivity contribution < 1.29 is 0 Å². The van der Waals surface area contributed by atoms with Crippen LogP contribution in [0.25, 0.3) is 10.9 Å². The molecule has 1 aromatic heterocycles. The van der Waals surface area contributed by atoms with Gasteiger partial charge in [0.05, 0.1) is 5.52 Å². The average Bonchev–Trinajstić information content (AvgIpc) is 2.36. The first-order valence-corrected chi connectivity index (χ1v) is 7.32. The summed E-state index contributed by atoms with van der Waals surface area (Å²) in [6.45, 7) is 7.43. The second-order valence-corrected chi connectivity index (χ2v) is 5.81. The second-order valence-electron chi connectivity index (χ2n) is 4.58. The molecule has 0 saturated heterocycles. The van der Waals surface area contributed by atoms with E-state index >= 15 is 0 Å². The summed E-state index contributed by atoms with van der Waals surface area (Å²) in [5.74, 6) is 2.54. The van der Waals surface area contributed by atoms with E-state index < -0.39 is 0 Å². The molecule has 0 amide bonds. The minimum Gasteiger partial charge on any atom is -0.369 e. The van der Waals surface area contributed by atoms with Crippen molar-refractivity contribution in [2.24, 2.45) is 5.92 Å². The predicted molar refractivity (Wildman–Crippen MR) is 79.3 cm³/mol. The highest BCUT2D eigenvalue weighted by molar-refractivity contribution is 7.99. The van der Waals surface area contributed by atoms with E-state index in [1.165, 1.54) is 0 Å². The van der Waals surface area contributed by atoms with Crippen LogP contribution < -0.4 is 5.32 Å². The standard InChI is InChI=1S/C14H19N3S/c1-4-18-14-16-12-8-6-5-7-11(12)13(17-14)15-9-10(2)3/h5-8,10H,4,9H2,1-3H3,(H,15,16,17). The summed E-state index contributed by atoms with van der Waals surface area (Å²) in [5.41, 5.74) is 1.01. The van der Waals surface area contributed by atoms with Crippen LogP contribution >= 0.6 is 11.8 Å². The van der Waals surface area contributed by atoms with Gasteiger partial charge in [-0.15, -0.1) is 0 Å². The summed E-state index contributed by atoms with van der Waals surface area (Å²) in [5, 5.41) is 5.37. The van der Waals surface area contributed by atoms with Crippen molar-refractivity contribution in [3.63, 3.8) is 0 Å². The molecule has 18 heavy (non-hydrogen) atoms. The molecule has 0 aliphatic rings. The van der Waals surface area contributed by atoms with Crippen LogP contribution in [0, 0.1) is 5.92 Å². The Hall–Kier alpha value is -1.29. The largest absolute Gasteiger partial charge is 0.369 e. The molecule has 0 saturated carbocycles. The molecule has 0 spiro atoms. The first kappa shape index (κ1) is 13.1. The molecule has 0 atom stereocenters. The maximum Gasteiger partial charge on any atom is 0.190 e. The number of anilines is 1. The molecule has 96 valence electrons. The molecule has 4 heteroatoms. The molecule has 0 aliphatic carbocycles. The fraction of sp³-hybridized carbons (Fsp3) is 0.429. The molecule has 1 N–H and O–H groups in total. The highest BCUT2D eigenvalue weighted by atomic mass is 32.2. The second kappa shape index (κ2) is 6.05. The van der Waals surface area contributed by atoms with Gasteiger partial charge in [0, 0.05) is 11.9 Å². The zero-order chi connectivity index (χ0) is 13.0. The molecule has 1 aromatic carbocycles. The summed E-state index contributed by atoms with van der Waals surface area (Å²) in [6.07, 6.45) is 0. The lowest BCUT2D eigenvalue weighted by molar-refractivity contribution is 0.686. The number of nitrogens with zero attached hydrogens (tertiary/aromatic N) is 2. The van der Waals surface area contributed by atoms with E-state index in [1.54, 1.807) is 11.8 Å². The van der Waals surface area contributed by atoms with Crippen LogP contribution in [-0.2, 0) is 0 Å². The van der Waals surface area contributed by atoms with Crippen LogP contribution in [0.1, 0.15) is 20.8 Å². The molecule has 2 rings (SSSR count). The zero-order valence-electron chi connectivity index (χ0n) is 11.1. The van der Waals surface area contributed by atoms with Gasteiger partial charge in [0.15, 0.2) is 5.16 Å². The fourth-order valence-electron chi connectivity index (χ4n) is 1.68. The Balaban J connectivity index is 2.40. The minimum atomic E-state index is 0.598. The average molecular weight is 261 g/mol. The van der Waals surface area contributed by atoms with Crippen LogP contribution in [-0.4, -0.2) is 22.3 Å². The first-order valence-electron chi connectivity index (χ1n) is 6.34. The number of hydrogen-bond acceptors (Lipinski definition) is 4. The molecule has 0 bridgehead atoms. The Morgan fingerprint density at radius 2 is 2.00 bits per heavy atom. The lowest BCUT2D eigenvalue weighted by Crippen LogP contribution is -2.10. The predicted octanol–water partition coefficient (Wildman–Crippen LogP) is 3.81. The number of para-hydroxylation sites is 1. The van der Waals surface area contributed by atoms with Gasteiger partial charge in [0.1, 0.15) is 5.82 Å². The van der Waals surface area contributed by atoms with E-state index in [9.17, 15) is 0 Å². The van der Waals surface area contributed by atoms with Gasteiger partial charge in [-0.05, 0) is 23.8 Å². The van der Waals surface area contributed by atoms with Gasteiger partial charge in [-0.25, -0.2) is 9.97 Å². The summed E-state index contributed by atoms with van der Waals surface area (Å²) in [6, 6.07) is 8.15. The van der Waals surface area contributed by atoms with Crippen molar-refractivity contribution in [1.82, 2.24) is 9.97 Å². The number of nitrogens with one attached hydrogen (secondary N) is 1. The topological polar surface area (TPSA) is 37.8 Å². The van der Waals surface area contributed by atoms with Crippen molar-refractivity contribution in [2.75, 3.05) is 17.6 Å². The van der Waals surface area contributed by atoms with Crippen molar-refractivity contribution in [1.29, 1.82) is 0 Å². The lowest BCUT2D eigenvalue weighted by atomic mass is 10.2. The van der Waals surface area contributed by atoms with E-state index in [0.717, 1.165) is 34.2 Å². The fourth-order valence-corrected chi connectivity index (χ4v) is 2.26. The van der Waals surface area contributed by atoms with Gasteiger partial charge in [-0.1, -0.05) is 44.7 Å². The Labute approximate surface area is 112 Å². The Bertz CT molecular complexity index is 525. The van der Waals surface area contributed by atoms with Crippen molar-refractivity contribution >= 4 is 28.5 Å². The number of aromatic nitrogens is 2. The van der Waals surface area contributed by atoms with E-state index in [4.69, 9.17) is 0 Å². The van der Waals surface area contributed by atoms with Crippen molar-refractivity contribution in [3.05, 3.63) is 24.3 Å².